The van der Waals surface area contributed by atoms with Gasteiger partial charge in [0, 0.05) is 18.6 Å². The molecule has 4 N–H and O–H groups in total. The van der Waals surface area contributed by atoms with Crippen LogP contribution in [0.25, 0.3) is 0 Å². The number of likely N-dealkylation sites (tertiary alicyclic amines) is 1. The van der Waals surface area contributed by atoms with Gasteiger partial charge < -0.3 is 15.3 Å². The zero-order valence-corrected chi connectivity index (χ0v) is 14.0. The summed E-state index contributed by atoms with van der Waals surface area (Å²) >= 11 is 0. The van der Waals surface area contributed by atoms with Crippen LogP contribution < -0.4 is 10.5 Å². The molecule has 1 aliphatic rings. The van der Waals surface area contributed by atoms with E-state index in [1.165, 1.54) is 11.0 Å². The largest absolute Gasteiger partial charge is 0.465 e. The number of amides is 1. The summed E-state index contributed by atoms with van der Waals surface area (Å²) in [6, 6.07) is 4.57. The van der Waals surface area contributed by atoms with Crippen LogP contribution in [0.1, 0.15) is 26.7 Å². The van der Waals surface area contributed by atoms with Gasteiger partial charge in [0.15, 0.2) is 5.03 Å². The average Bonchev–Trinajstić information content (AvgIpc) is 2.73. The lowest BCUT2D eigenvalue weighted by Gasteiger charge is -2.28. The number of primary sulfonamides is 1. The van der Waals surface area contributed by atoms with Gasteiger partial charge in [-0.1, -0.05) is 6.07 Å². The van der Waals surface area contributed by atoms with Crippen LogP contribution in [-0.4, -0.2) is 48.1 Å². The first-order valence-electron chi connectivity index (χ1n) is 7.34. The molecule has 9 heteroatoms. The second kappa shape index (κ2) is 6.32. The van der Waals surface area contributed by atoms with E-state index >= 15 is 0 Å². The average molecular weight is 342 g/mol. The highest BCUT2D eigenvalue weighted by molar-refractivity contribution is 7.89. The van der Waals surface area contributed by atoms with Crippen LogP contribution >= 0.6 is 0 Å². The minimum atomic E-state index is -3.82. The lowest BCUT2D eigenvalue weighted by atomic mass is 9.94. The molecule has 0 radical (unpaired) electrons. The van der Waals surface area contributed by atoms with Gasteiger partial charge in [0.25, 0.3) is 10.0 Å². The van der Waals surface area contributed by atoms with Gasteiger partial charge in [0.05, 0.1) is 0 Å². The first-order chi connectivity index (χ1) is 10.6. The third kappa shape index (κ3) is 4.32. The Morgan fingerprint density at radius 3 is 2.78 bits per heavy atom. The minimum Gasteiger partial charge on any atom is -0.465 e. The van der Waals surface area contributed by atoms with Crippen molar-refractivity contribution < 1.29 is 18.3 Å². The van der Waals surface area contributed by atoms with Gasteiger partial charge in [0.1, 0.15) is 5.82 Å². The van der Waals surface area contributed by atoms with Crippen LogP contribution in [0, 0.1) is 5.92 Å². The number of nitrogens with two attached hydrogens (primary N) is 1. The van der Waals surface area contributed by atoms with E-state index in [2.05, 4.69) is 10.3 Å². The molecule has 1 saturated heterocycles. The fourth-order valence-electron chi connectivity index (χ4n) is 2.99. The van der Waals surface area contributed by atoms with Crippen LogP contribution in [0.15, 0.2) is 23.2 Å². The van der Waals surface area contributed by atoms with Gasteiger partial charge in [-0.25, -0.2) is 23.3 Å². The molecule has 0 bridgehead atoms. The van der Waals surface area contributed by atoms with E-state index in [0.29, 0.717) is 18.9 Å². The Bertz CT molecular complexity index is 690. The molecule has 1 aromatic rings. The van der Waals surface area contributed by atoms with Crippen molar-refractivity contribution in [2.75, 3.05) is 18.4 Å². The van der Waals surface area contributed by atoms with Gasteiger partial charge in [-0.3, -0.25) is 0 Å². The smallest absolute Gasteiger partial charge is 0.407 e. The van der Waals surface area contributed by atoms with Gasteiger partial charge in [0.2, 0.25) is 0 Å². The van der Waals surface area contributed by atoms with Crippen molar-refractivity contribution >= 4 is 21.9 Å². The monoisotopic (exact) mass is 342 g/mol. The number of carbonyl (C=O) groups is 1. The quantitative estimate of drug-likeness (QED) is 0.741. The fraction of sp³-hybridized carbons (Fsp3) is 0.571. The van der Waals surface area contributed by atoms with Gasteiger partial charge >= 0.3 is 6.09 Å². The Morgan fingerprint density at radius 2 is 2.22 bits per heavy atom. The Hall–Kier alpha value is -1.87. The normalized spacial score (nSPS) is 20.5. The Labute approximate surface area is 135 Å². The molecule has 2 heterocycles. The number of hydrogen-bond acceptors (Lipinski definition) is 5. The Morgan fingerprint density at radius 1 is 1.52 bits per heavy atom. The van der Waals surface area contributed by atoms with E-state index in [-0.39, 0.29) is 16.5 Å². The number of pyridine rings is 1. The molecule has 0 saturated carbocycles. The highest BCUT2D eigenvalue weighted by Crippen LogP contribution is 2.34. The number of aromatic nitrogens is 1. The number of anilines is 1. The maximum atomic E-state index is 11.3. The van der Waals surface area contributed by atoms with E-state index in [1.54, 1.807) is 12.1 Å². The zero-order valence-electron chi connectivity index (χ0n) is 13.2. The molecule has 2 rings (SSSR count). The number of sulfonamides is 1. The number of hydrogen-bond donors (Lipinski definition) is 3. The summed E-state index contributed by atoms with van der Waals surface area (Å²) in [5.41, 5.74) is -0.359. The summed E-state index contributed by atoms with van der Waals surface area (Å²) in [5, 5.41) is 17.1. The van der Waals surface area contributed by atoms with Crippen LogP contribution in [-0.2, 0) is 10.0 Å². The standard InChI is InChI=1S/C14H22N4O4S/c1-14(2)8-10(9-18(14)13(19)20)6-7-16-11-4-3-5-12(17-11)23(15,21)22/h3-5,10H,6-9H2,1-2H3,(H,16,17)(H,19,20)(H2,15,21,22). The summed E-state index contributed by atoms with van der Waals surface area (Å²) < 4.78 is 22.5. The third-order valence-corrected chi connectivity index (χ3v) is 4.87. The van der Waals surface area contributed by atoms with Gasteiger partial charge in [-0.05, 0) is 44.7 Å². The lowest BCUT2D eigenvalue weighted by Crippen LogP contribution is -2.41. The zero-order chi connectivity index (χ0) is 17.3. The summed E-state index contributed by atoms with van der Waals surface area (Å²) in [7, 11) is -3.82. The van der Waals surface area contributed by atoms with Crippen molar-refractivity contribution in [1.29, 1.82) is 0 Å². The van der Waals surface area contributed by atoms with Crippen LogP contribution in [0.5, 0.6) is 0 Å². The van der Waals surface area contributed by atoms with Crippen LogP contribution in [0.4, 0.5) is 10.6 Å². The second-order valence-corrected chi connectivity index (χ2v) is 7.91. The molecule has 0 aromatic carbocycles. The number of nitrogens with zero attached hydrogens (tertiary/aromatic N) is 2. The molecule has 1 unspecified atom stereocenters. The Kier molecular flexibility index (Phi) is 4.81. The molecular formula is C14H22N4O4S. The summed E-state index contributed by atoms with van der Waals surface area (Å²) in [6.07, 6.45) is 0.674. The number of nitrogens with one attached hydrogen (secondary N) is 1. The Balaban J connectivity index is 1.90. The van der Waals surface area contributed by atoms with E-state index in [0.717, 1.165) is 12.8 Å². The van der Waals surface area contributed by atoms with Gasteiger partial charge in [-0.15, -0.1) is 0 Å². The van der Waals surface area contributed by atoms with E-state index in [4.69, 9.17) is 5.14 Å². The van der Waals surface area contributed by atoms with Crippen molar-refractivity contribution in [3.05, 3.63) is 18.2 Å². The van der Waals surface area contributed by atoms with Crippen molar-refractivity contribution in [3.8, 4) is 0 Å². The molecular weight excluding hydrogens is 320 g/mol. The van der Waals surface area contributed by atoms with Crippen molar-refractivity contribution in [2.24, 2.45) is 11.1 Å². The number of rotatable bonds is 5. The molecule has 0 spiro atoms. The van der Waals surface area contributed by atoms with E-state index in [1.807, 2.05) is 13.8 Å². The molecule has 128 valence electrons. The third-order valence-electron chi connectivity index (χ3n) is 4.06. The molecule has 1 fully saturated rings. The molecule has 23 heavy (non-hydrogen) atoms. The minimum absolute atomic E-state index is 0.179. The molecule has 1 amide bonds. The number of carboxylic acid groups (broad SMARTS) is 1. The fourth-order valence-corrected chi connectivity index (χ4v) is 3.49. The highest BCUT2D eigenvalue weighted by atomic mass is 32.2. The SMILES string of the molecule is CC1(C)CC(CCNc2cccc(S(N)(=O)=O)n2)CN1C(=O)O. The van der Waals surface area contributed by atoms with Gasteiger partial charge in [-0.2, -0.15) is 0 Å². The maximum absolute atomic E-state index is 11.3. The molecule has 1 atom stereocenters. The second-order valence-electron chi connectivity index (χ2n) is 6.40. The lowest BCUT2D eigenvalue weighted by molar-refractivity contribution is 0.117. The molecule has 1 aliphatic heterocycles. The summed E-state index contributed by atoms with van der Waals surface area (Å²) in [6.45, 7) is 4.93. The van der Waals surface area contributed by atoms with Crippen molar-refractivity contribution in [1.82, 2.24) is 9.88 Å². The first-order valence-corrected chi connectivity index (χ1v) is 8.88. The maximum Gasteiger partial charge on any atom is 0.407 e. The predicted octanol–water partition coefficient (Wildman–Crippen LogP) is 1.31. The van der Waals surface area contributed by atoms with Crippen molar-refractivity contribution in [3.63, 3.8) is 0 Å². The first kappa shape index (κ1) is 17.5. The molecule has 1 aromatic heterocycles. The highest BCUT2D eigenvalue weighted by Gasteiger charge is 2.40. The molecule has 8 nitrogen and oxygen atoms in total. The van der Waals surface area contributed by atoms with Crippen LogP contribution in [0.2, 0.25) is 0 Å². The summed E-state index contributed by atoms with van der Waals surface area (Å²) in [5.74, 6) is 0.693. The summed E-state index contributed by atoms with van der Waals surface area (Å²) in [4.78, 5) is 16.6. The van der Waals surface area contributed by atoms with E-state index < -0.39 is 16.1 Å². The molecule has 0 aliphatic carbocycles. The predicted molar refractivity (Wildman–Crippen MR) is 85.6 cm³/mol. The van der Waals surface area contributed by atoms with E-state index in [9.17, 15) is 18.3 Å². The van der Waals surface area contributed by atoms with Crippen molar-refractivity contribution in [2.45, 2.75) is 37.3 Å². The van der Waals surface area contributed by atoms with Crippen LogP contribution in [0.3, 0.4) is 0 Å². The topological polar surface area (TPSA) is 126 Å².